The molecule has 1 aromatic carbocycles. The zero-order chi connectivity index (χ0) is 13.4. The SMILES string of the molecule is Cc1nc2cc(NC(=O)C3CC(O)CN3)ccc2o1. The average molecular weight is 261 g/mol. The summed E-state index contributed by atoms with van der Waals surface area (Å²) in [5, 5.41) is 15.2. The third-order valence-electron chi connectivity index (χ3n) is 3.19. The quantitative estimate of drug-likeness (QED) is 0.744. The number of carbonyl (C=O) groups is 1. The van der Waals surface area contributed by atoms with Crippen LogP contribution < -0.4 is 10.6 Å². The van der Waals surface area contributed by atoms with E-state index in [-0.39, 0.29) is 11.9 Å². The predicted molar refractivity (Wildman–Crippen MR) is 69.8 cm³/mol. The standard InChI is InChI=1S/C13H15N3O3/c1-7-15-10-4-8(2-3-12(10)19-7)16-13(18)11-5-9(17)6-14-11/h2-4,9,11,14,17H,5-6H2,1H3,(H,16,18). The smallest absolute Gasteiger partial charge is 0.241 e. The molecule has 0 aliphatic carbocycles. The summed E-state index contributed by atoms with van der Waals surface area (Å²) in [6, 6.07) is 4.98. The Kier molecular flexibility index (Phi) is 2.96. The minimum atomic E-state index is -0.448. The molecular weight excluding hydrogens is 246 g/mol. The number of aliphatic hydroxyl groups is 1. The molecule has 0 bridgehead atoms. The van der Waals surface area contributed by atoms with Crippen LogP contribution in [0.1, 0.15) is 12.3 Å². The number of nitrogens with one attached hydrogen (secondary N) is 2. The van der Waals surface area contributed by atoms with E-state index in [1.54, 1.807) is 25.1 Å². The minimum absolute atomic E-state index is 0.142. The van der Waals surface area contributed by atoms with Gasteiger partial charge in [-0.15, -0.1) is 0 Å². The van der Waals surface area contributed by atoms with Crippen molar-refractivity contribution in [2.75, 3.05) is 11.9 Å². The van der Waals surface area contributed by atoms with Gasteiger partial charge in [0, 0.05) is 19.2 Å². The molecular formula is C13H15N3O3. The van der Waals surface area contributed by atoms with Gasteiger partial charge in [-0.1, -0.05) is 0 Å². The van der Waals surface area contributed by atoms with Crippen molar-refractivity contribution < 1.29 is 14.3 Å². The first-order chi connectivity index (χ1) is 9.11. The van der Waals surface area contributed by atoms with Crippen LogP contribution in [-0.2, 0) is 4.79 Å². The van der Waals surface area contributed by atoms with Crippen LogP contribution in [0, 0.1) is 6.92 Å². The Morgan fingerprint density at radius 3 is 3.16 bits per heavy atom. The van der Waals surface area contributed by atoms with Crippen molar-refractivity contribution >= 4 is 22.7 Å². The zero-order valence-corrected chi connectivity index (χ0v) is 10.5. The van der Waals surface area contributed by atoms with E-state index in [4.69, 9.17) is 4.42 Å². The van der Waals surface area contributed by atoms with Crippen LogP contribution in [0.3, 0.4) is 0 Å². The average Bonchev–Trinajstić information content (AvgIpc) is 2.93. The van der Waals surface area contributed by atoms with E-state index >= 15 is 0 Å². The van der Waals surface area contributed by atoms with Crippen molar-refractivity contribution in [2.45, 2.75) is 25.5 Å². The Balaban J connectivity index is 1.75. The highest BCUT2D eigenvalue weighted by molar-refractivity contribution is 5.96. The van der Waals surface area contributed by atoms with Crippen LogP contribution in [-0.4, -0.2) is 34.7 Å². The number of hydrogen-bond donors (Lipinski definition) is 3. The first-order valence-electron chi connectivity index (χ1n) is 6.21. The maximum atomic E-state index is 12.0. The Bertz CT molecular complexity index is 623. The summed E-state index contributed by atoms with van der Waals surface area (Å²) in [6.07, 6.45) is -0.00615. The molecule has 1 aliphatic rings. The van der Waals surface area contributed by atoms with Crippen LogP contribution in [0.15, 0.2) is 22.6 Å². The van der Waals surface area contributed by atoms with Crippen molar-refractivity contribution in [3.8, 4) is 0 Å². The van der Waals surface area contributed by atoms with Gasteiger partial charge in [0.1, 0.15) is 5.52 Å². The number of aliphatic hydroxyl groups excluding tert-OH is 1. The van der Waals surface area contributed by atoms with E-state index in [1.807, 2.05) is 0 Å². The molecule has 100 valence electrons. The summed E-state index contributed by atoms with van der Waals surface area (Å²) in [4.78, 5) is 16.2. The number of hydrogen-bond acceptors (Lipinski definition) is 5. The largest absolute Gasteiger partial charge is 0.441 e. The normalized spacial score (nSPS) is 22.8. The van der Waals surface area contributed by atoms with E-state index in [2.05, 4.69) is 15.6 Å². The molecule has 19 heavy (non-hydrogen) atoms. The number of benzene rings is 1. The number of carbonyl (C=O) groups excluding carboxylic acids is 1. The molecule has 0 saturated carbocycles. The van der Waals surface area contributed by atoms with Gasteiger partial charge in [-0.05, 0) is 24.6 Å². The number of nitrogens with zero attached hydrogens (tertiary/aromatic N) is 1. The molecule has 1 saturated heterocycles. The number of anilines is 1. The van der Waals surface area contributed by atoms with Crippen molar-refractivity contribution in [1.29, 1.82) is 0 Å². The summed E-state index contributed by atoms with van der Waals surface area (Å²) in [7, 11) is 0. The van der Waals surface area contributed by atoms with E-state index in [0.29, 0.717) is 30.1 Å². The lowest BCUT2D eigenvalue weighted by atomic mass is 10.2. The molecule has 1 aliphatic heterocycles. The molecule has 6 heteroatoms. The highest BCUT2D eigenvalue weighted by atomic mass is 16.3. The molecule has 2 atom stereocenters. The summed E-state index contributed by atoms with van der Waals surface area (Å²) in [6.45, 7) is 2.24. The molecule has 2 aromatic rings. The zero-order valence-electron chi connectivity index (χ0n) is 10.5. The topological polar surface area (TPSA) is 87.4 Å². The van der Waals surface area contributed by atoms with Gasteiger partial charge in [-0.2, -0.15) is 0 Å². The first kappa shape index (κ1) is 12.1. The highest BCUT2D eigenvalue weighted by Gasteiger charge is 2.27. The monoisotopic (exact) mass is 261 g/mol. The molecule has 6 nitrogen and oxygen atoms in total. The number of oxazole rings is 1. The summed E-state index contributed by atoms with van der Waals surface area (Å²) >= 11 is 0. The maximum absolute atomic E-state index is 12.0. The van der Waals surface area contributed by atoms with Gasteiger partial charge >= 0.3 is 0 Å². The van der Waals surface area contributed by atoms with Crippen LogP contribution >= 0.6 is 0 Å². The van der Waals surface area contributed by atoms with E-state index < -0.39 is 6.10 Å². The Labute approximate surface area is 109 Å². The first-order valence-corrected chi connectivity index (χ1v) is 6.21. The summed E-state index contributed by atoms with van der Waals surface area (Å²) < 4.78 is 5.37. The number of rotatable bonds is 2. The highest BCUT2D eigenvalue weighted by Crippen LogP contribution is 2.20. The van der Waals surface area contributed by atoms with Crippen LogP contribution in [0.4, 0.5) is 5.69 Å². The van der Waals surface area contributed by atoms with Crippen LogP contribution in [0.25, 0.3) is 11.1 Å². The van der Waals surface area contributed by atoms with Gasteiger partial charge in [0.2, 0.25) is 5.91 Å². The Morgan fingerprint density at radius 1 is 1.58 bits per heavy atom. The van der Waals surface area contributed by atoms with Crippen LogP contribution in [0.2, 0.25) is 0 Å². The van der Waals surface area contributed by atoms with Crippen LogP contribution in [0.5, 0.6) is 0 Å². The summed E-state index contributed by atoms with van der Waals surface area (Å²) in [5.41, 5.74) is 2.09. The number of aryl methyl sites for hydroxylation is 1. The molecule has 2 heterocycles. The third-order valence-corrected chi connectivity index (χ3v) is 3.19. The van der Waals surface area contributed by atoms with Gasteiger partial charge in [0.25, 0.3) is 0 Å². The fourth-order valence-electron chi connectivity index (χ4n) is 2.27. The van der Waals surface area contributed by atoms with Gasteiger partial charge in [-0.3, -0.25) is 4.79 Å². The lowest BCUT2D eigenvalue weighted by Gasteiger charge is -2.10. The van der Waals surface area contributed by atoms with Gasteiger partial charge in [0.05, 0.1) is 12.1 Å². The second-order valence-corrected chi connectivity index (χ2v) is 4.75. The number of β-amino-alcohol motifs (C(OH)–C–C–N with tert-alkyl or cyclic N) is 1. The van der Waals surface area contributed by atoms with Crippen molar-refractivity contribution in [2.24, 2.45) is 0 Å². The molecule has 0 radical (unpaired) electrons. The van der Waals surface area contributed by atoms with Gasteiger partial charge < -0.3 is 20.2 Å². The summed E-state index contributed by atoms with van der Waals surface area (Å²) in [5.74, 6) is 0.454. The molecule has 1 aromatic heterocycles. The number of amides is 1. The van der Waals surface area contributed by atoms with E-state index in [0.717, 1.165) is 5.52 Å². The lowest BCUT2D eigenvalue weighted by Crippen LogP contribution is -2.35. The maximum Gasteiger partial charge on any atom is 0.241 e. The van der Waals surface area contributed by atoms with Gasteiger partial charge in [-0.25, -0.2) is 4.98 Å². The van der Waals surface area contributed by atoms with Gasteiger partial charge in [0.15, 0.2) is 11.5 Å². The third kappa shape index (κ3) is 2.45. The predicted octanol–water partition coefficient (Wildman–Crippen LogP) is 0.798. The second-order valence-electron chi connectivity index (χ2n) is 4.75. The molecule has 2 unspecified atom stereocenters. The van der Waals surface area contributed by atoms with E-state index in [1.165, 1.54) is 0 Å². The minimum Gasteiger partial charge on any atom is -0.441 e. The van der Waals surface area contributed by atoms with Crippen molar-refractivity contribution in [3.05, 3.63) is 24.1 Å². The fourth-order valence-corrected chi connectivity index (χ4v) is 2.27. The second kappa shape index (κ2) is 4.64. The van der Waals surface area contributed by atoms with Crippen molar-refractivity contribution in [1.82, 2.24) is 10.3 Å². The van der Waals surface area contributed by atoms with Crippen molar-refractivity contribution in [3.63, 3.8) is 0 Å². The number of aromatic nitrogens is 1. The van der Waals surface area contributed by atoms with E-state index in [9.17, 15) is 9.90 Å². The number of fused-ring (bicyclic) bond motifs is 1. The molecule has 1 fully saturated rings. The molecule has 1 amide bonds. The molecule has 3 N–H and O–H groups in total. The fraction of sp³-hybridized carbons (Fsp3) is 0.385. The Morgan fingerprint density at radius 2 is 2.42 bits per heavy atom. The Hall–Kier alpha value is -1.92. The lowest BCUT2D eigenvalue weighted by molar-refractivity contribution is -0.117. The molecule has 0 spiro atoms. The molecule has 3 rings (SSSR count).